The molecule has 1 aromatic carbocycles. The third-order valence-electron chi connectivity index (χ3n) is 6.70. The van der Waals surface area contributed by atoms with E-state index in [-0.39, 0.29) is 22.4 Å². The van der Waals surface area contributed by atoms with Gasteiger partial charge >= 0.3 is 0 Å². The van der Waals surface area contributed by atoms with E-state index in [2.05, 4.69) is 48.0 Å². The number of rotatable bonds is 11. The second kappa shape index (κ2) is 9.61. The van der Waals surface area contributed by atoms with Crippen LogP contribution in [0.25, 0.3) is 10.9 Å². The maximum absolute atomic E-state index is 13.5. The van der Waals surface area contributed by atoms with Gasteiger partial charge in [0.25, 0.3) is 0 Å². The lowest BCUT2D eigenvalue weighted by molar-refractivity contribution is 0.506. The van der Waals surface area contributed by atoms with E-state index in [1.165, 1.54) is 0 Å². The Labute approximate surface area is 209 Å². The van der Waals surface area contributed by atoms with Gasteiger partial charge in [0, 0.05) is 47.0 Å². The molecule has 2 fully saturated rings. The number of fused-ring (bicyclic) bond motifs is 1. The van der Waals surface area contributed by atoms with Gasteiger partial charge in [-0.05, 0) is 72.2 Å². The van der Waals surface area contributed by atoms with Gasteiger partial charge in [-0.2, -0.15) is 17.7 Å². The number of hydrogen-bond donors (Lipinski definition) is 4. The summed E-state index contributed by atoms with van der Waals surface area (Å²) in [6.45, 7) is 14.4. The molecule has 2 atom stereocenters. The summed E-state index contributed by atoms with van der Waals surface area (Å²) in [6, 6.07) is 4.07. The van der Waals surface area contributed by atoms with E-state index in [1.807, 2.05) is 23.9 Å². The normalized spacial score (nSPS) is 21.2. The fourth-order valence-corrected chi connectivity index (χ4v) is 6.46. The van der Waals surface area contributed by atoms with Gasteiger partial charge in [0.1, 0.15) is 0 Å². The number of benzene rings is 1. The number of anilines is 1. The van der Waals surface area contributed by atoms with Crippen molar-refractivity contribution in [3.8, 4) is 0 Å². The Kier molecular flexibility index (Phi) is 7.28. The highest BCUT2D eigenvalue weighted by atomic mass is 32.2. The lowest BCUT2D eigenvalue weighted by Gasteiger charge is -2.34. The average Bonchev–Trinajstić information content (AvgIpc) is 3.11. The quantitative estimate of drug-likeness (QED) is 0.349. The summed E-state index contributed by atoms with van der Waals surface area (Å²) in [4.78, 5) is 2.56. The number of sulfonamides is 1. The monoisotopic (exact) mass is 508 g/mol. The van der Waals surface area contributed by atoms with E-state index in [9.17, 15) is 8.42 Å². The molecule has 1 unspecified atom stereocenters. The van der Waals surface area contributed by atoms with Crippen LogP contribution in [0, 0.1) is 0 Å². The first kappa shape index (κ1) is 25.8. The molecule has 190 valence electrons. The third-order valence-corrected chi connectivity index (χ3v) is 8.46. The van der Waals surface area contributed by atoms with Crippen LogP contribution in [0.3, 0.4) is 0 Å². The van der Waals surface area contributed by atoms with Crippen LogP contribution >= 0.6 is 12.6 Å². The maximum Gasteiger partial charge on any atom is 0.241 e. The van der Waals surface area contributed by atoms with Crippen molar-refractivity contribution in [2.24, 2.45) is 0 Å². The number of aromatic nitrogens is 2. The summed E-state index contributed by atoms with van der Waals surface area (Å²) in [5, 5.41) is 12.6. The Bertz CT molecular complexity index is 1110. The summed E-state index contributed by atoms with van der Waals surface area (Å²) in [6.07, 6.45) is 4.61. The summed E-state index contributed by atoms with van der Waals surface area (Å²) in [5.74, 6) is 0. The molecule has 34 heavy (non-hydrogen) atoms. The number of likely N-dealkylation sites (N-methyl/N-ethyl adjacent to an activating group) is 1. The van der Waals surface area contributed by atoms with Crippen molar-refractivity contribution < 1.29 is 8.42 Å². The van der Waals surface area contributed by atoms with E-state index in [0.29, 0.717) is 11.4 Å². The minimum atomic E-state index is -3.67. The molecule has 10 heteroatoms. The SMILES string of the molecule is CCN[C@H](C)CN(CC(C)(C)S)c1cc(S(=O)(=O)NC2(C)CC2)cc2c1cnn2C1CCNC1. The largest absolute Gasteiger partial charge is 0.368 e. The molecule has 0 amide bonds. The molecule has 0 radical (unpaired) electrons. The predicted octanol–water partition coefficient (Wildman–Crippen LogP) is 2.91. The molecule has 3 N–H and O–H groups in total. The Hall–Kier alpha value is -1.33. The fraction of sp³-hybridized carbons (Fsp3) is 0.708. The van der Waals surface area contributed by atoms with Crippen LogP contribution in [0.5, 0.6) is 0 Å². The minimum absolute atomic E-state index is 0.215. The summed E-state index contributed by atoms with van der Waals surface area (Å²) in [7, 11) is -3.67. The highest BCUT2D eigenvalue weighted by Crippen LogP contribution is 2.38. The zero-order valence-corrected chi connectivity index (χ0v) is 22.8. The van der Waals surface area contributed by atoms with E-state index in [1.54, 1.807) is 6.07 Å². The zero-order valence-electron chi connectivity index (χ0n) is 21.1. The van der Waals surface area contributed by atoms with Crippen LogP contribution in [-0.2, 0) is 10.0 Å². The first-order chi connectivity index (χ1) is 15.9. The third kappa shape index (κ3) is 5.90. The number of nitrogens with one attached hydrogen (secondary N) is 3. The summed E-state index contributed by atoms with van der Waals surface area (Å²) >= 11 is 4.82. The van der Waals surface area contributed by atoms with Gasteiger partial charge in [-0.15, -0.1) is 0 Å². The minimum Gasteiger partial charge on any atom is -0.368 e. The second-order valence-corrected chi connectivity index (χ2v) is 13.8. The van der Waals surface area contributed by atoms with Crippen molar-refractivity contribution in [2.45, 2.75) is 81.1 Å². The van der Waals surface area contributed by atoms with Gasteiger partial charge in [0.2, 0.25) is 10.0 Å². The molecular formula is C24H40N6O2S2. The fourth-order valence-electron chi connectivity index (χ4n) is 4.79. The first-order valence-corrected chi connectivity index (χ1v) is 14.3. The molecule has 8 nitrogen and oxygen atoms in total. The van der Waals surface area contributed by atoms with E-state index in [4.69, 9.17) is 17.7 Å². The highest BCUT2D eigenvalue weighted by Gasteiger charge is 2.41. The van der Waals surface area contributed by atoms with Crippen LogP contribution in [0.4, 0.5) is 5.69 Å². The van der Waals surface area contributed by atoms with Crippen LogP contribution in [0.2, 0.25) is 0 Å². The van der Waals surface area contributed by atoms with Crippen molar-refractivity contribution >= 4 is 39.2 Å². The Morgan fingerprint density at radius 1 is 1.38 bits per heavy atom. The van der Waals surface area contributed by atoms with Gasteiger partial charge < -0.3 is 15.5 Å². The maximum atomic E-state index is 13.5. The van der Waals surface area contributed by atoms with Crippen molar-refractivity contribution in [3.63, 3.8) is 0 Å². The first-order valence-electron chi connectivity index (χ1n) is 12.4. The van der Waals surface area contributed by atoms with Crippen LogP contribution in [0.1, 0.15) is 59.9 Å². The van der Waals surface area contributed by atoms with Crippen molar-refractivity contribution in [1.29, 1.82) is 0 Å². The number of nitrogens with zero attached hydrogens (tertiary/aromatic N) is 3. The van der Waals surface area contributed by atoms with Gasteiger partial charge in [-0.25, -0.2) is 13.1 Å². The molecule has 1 aliphatic heterocycles. The van der Waals surface area contributed by atoms with Crippen LogP contribution in [-0.4, -0.2) is 67.2 Å². The molecule has 4 rings (SSSR count). The van der Waals surface area contributed by atoms with Crippen molar-refractivity contribution in [2.75, 3.05) is 37.6 Å². The second-order valence-electron chi connectivity index (χ2n) is 10.9. The van der Waals surface area contributed by atoms with Gasteiger partial charge in [-0.3, -0.25) is 4.68 Å². The summed E-state index contributed by atoms with van der Waals surface area (Å²) in [5.41, 5.74) is 1.42. The molecule has 2 heterocycles. The van der Waals surface area contributed by atoms with Crippen molar-refractivity contribution in [1.82, 2.24) is 25.1 Å². The van der Waals surface area contributed by atoms with Crippen molar-refractivity contribution in [3.05, 3.63) is 18.3 Å². The Morgan fingerprint density at radius 3 is 2.71 bits per heavy atom. The van der Waals surface area contributed by atoms with E-state index >= 15 is 0 Å². The molecule has 1 aliphatic carbocycles. The molecule has 0 bridgehead atoms. The zero-order chi connectivity index (χ0) is 24.7. The molecular weight excluding hydrogens is 468 g/mol. The van der Waals surface area contributed by atoms with Gasteiger partial charge in [0.15, 0.2) is 0 Å². The molecule has 1 saturated heterocycles. The lowest BCUT2D eigenvalue weighted by atomic mass is 10.1. The molecule has 0 spiro atoms. The van der Waals surface area contributed by atoms with E-state index < -0.39 is 10.0 Å². The highest BCUT2D eigenvalue weighted by molar-refractivity contribution is 7.89. The predicted molar refractivity (Wildman–Crippen MR) is 143 cm³/mol. The van der Waals surface area contributed by atoms with E-state index in [0.717, 1.165) is 62.0 Å². The Balaban J connectivity index is 1.85. The van der Waals surface area contributed by atoms with Crippen LogP contribution < -0.4 is 20.3 Å². The number of thiol groups is 1. The molecule has 2 aromatic rings. The van der Waals surface area contributed by atoms with Crippen LogP contribution in [0.15, 0.2) is 23.2 Å². The average molecular weight is 509 g/mol. The summed E-state index contributed by atoms with van der Waals surface area (Å²) < 4.78 is 31.6. The molecule has 1 saturated carbocycles. The molecule has 1 aromatic heterocycles. The standard InChI is InChI=1S/C24H40N6O2S2/c1-6-26-17(2)15-29(16-23(3,4)33)21-11-19(34(31,32)28-24(5)8-9-24)12-22-20(21)14-27-30(22)18-7-10-25-13-18/h11-12,14,17-18,25-26,28,33H,6-10,13,15-16H2,1-5H3/t17-,18?/m1/s1. The number of hydrogen-bond acceptors (Lipinski definition) is 7. The molecule has 2 aliphatic rings. The lowest BCUT2D eigenvalue weighted by Crippen LogP contribution is -2.44. The topological polar surface area (TPSA) is 91.3 Å². The Morgan fingerprint density at radius 2 is 2.12 bits per heavy atom. The van der Waals surface area contributed by atoms with Gasteiger partial charge in [-0.1, -0.05) is 6.92 Å². The smallest absolute Gasteiger partial charge is 0.241 e. The van der Waals surface area contributed by atoms with Gasteiger partial charge in [0.05, 0.1) is 22.7 Å².